The Labute approximate surface area is 171 Å². The van der Waals surface area contributed by atoms with Crippen LogP contribution in [0.15, 0.2) is 61.5 Å². The lowest BCUT2D eigenvalue weighted by Crippen LogP contribution is -2.15. The van der Waals surface area contributed by atoms with E-state index in [1.165, 1.54) is 6.07 Å². The molecule has 2 aromatic rings. The van der Waals surface area contributed by atoms with Crippen LogP contribution in [0.5, 0.6) is 0 Å². The summed E-state index contributed by atoms with van der Waals surface area (Å²) < 4.78 is 44.4. The zero-order chi connectivity index (χ0) is 20.8. The van der Waals surface area contributed by atoms with E-state index < -0.39 is 11.7 Å². The van der Waals surface area contributed by atoms with E-state index in [2.05, 4.69) is 13.2 Å². The van der Waals surface area contributed by atoms with Gasteiger partial charge in [-0.1, -0.05) is 36.4 Å². The Morgan fingerprint density at radius 3 is 2.38 bits per heavy atom. The fourth-order valence-electron chi connectivity index (χ4n) is 4.30. The van der Waals surface area contributed by atoms with Gasteiger partial charge in [-0.2, -0.15) is 0 Å². The molecule has 3 heteroatoms. The minimum atomic E-state index is -0.808. The predicted octanol–water partition coefficient (Wildman–Crippen LogP) is 8.48. The number of allylic oxidation sites excluding steroid dienone is 3. The number of fused-ring (bicyclic) bond motifs is 1. The van der Waals surface area contributed by atoms with E-state index in [9.17, 15) is 13.2 Å². The lowest BCUT2D eigenvalue weighted by Gasteiger charge is -2.27. The van der Waals surface area contributed by atoms with Crippen LogP contribution in [0.2, 0.25) is 0 Å². The molecule has 0 heterocycles. The van der Waals surface area contributed by atoms with Crippen LogP contribution in [0, 0.1) is 17.7 Å². The molecule has 0 aromatic heterocycles. The highest BCUT2D eigenvalue weighted by atomic mass is 19.2. The Bertz CT molecular complexity index is 902. The topological polar surface area (TPSA) is 0 Å². The summed E-state index contributed by atoms with van der Waals surface area (Å²) in [6.45, 7) is 7.41. The molecule has 0 unspecified atom stereocenters. The largest absolute Gasteiger partial charge is 0.208 e. The highest BCUT2D eigenvalue weighted by Gasteiger charge is 2.26. The molecule has 0 bridgehead atoms. The van der Waals surface area contributed by atoms with Crippen LogP contribution in [0.4, 0.5) is 13.2 Å². The lowest BCUT2D eigenvalue weighted by atomic mass is 9.79. The molecule has 1 fully saturated rings. The van der Waals surface area contributed by atoms with Crippen molar-refractivity contribution in [3.8, 4) is 0 Å². The molecule has 0 atom stereocenters. The monoisotopic (exact) mass is 398 g/mol. The van der Waals surface area contributed by atoms with E-state index in [4.69, 9.17) is 0 Å². The maximum Gasteiger partial charge on any atom is 0.162 e. The lowest BCUT2D eigenvalue weighted by molar-refractivity contribution is 0.263. The average molecular weight is 399 g/mol. The molecule has 0 radical (unpaired) electrons. The fourth-order valence-corrected chi connectivity index (χ4v) is 4.30. The molecule has 3 rings (SSSR count). The van der Waals surface area contributed by atoms with Crippen molar-refractivity contribution in [3.63, 3.8) is 0 Å². The maximum absolute atomic E-state index is 14.9. The molecule has 0 saturated heterocycles. The molecule has 0 N–H and O–H groups in total. The van der Waals surface area contributed by atoms with Gasteiger partial charge < -0.3 is 0 Å². The Kier molecular flexibility index (Phi) is 7.35. The Hall–Kier alpha value is -2.29. The number of rotatable bonds is 8. The SMILES string of the molecule is C=CCCc1ccc2cc(C(F)=C(F)C3CCC(CCC=C)CC3)ccc2c1F. The summed E-state index contributed by atoms with van der Waals surface area (Å²) in [5.74, 6) is -1.53. The summed E-state index contributed by atoms with van der Waals surface area (Å²) in [7, 11) is 0. The standard InChI is InChI=1S/C26H29F3/c1-3-5-7-18-9-11-20(12-10-18)25(28)26(29)22-15-16-23-21(17-22)14-13-19(24(23)27)8-6-4-2/h3-4,13-18,20H,1-2,5-12H2. The summed E-state index contributed by atoms with van der Waals surface area (Å²) in [5, 5.41) is 1.02. The van der Waals surface area contributed by atoms with Crippen molar-refractivity contribution < 1.29 is 13.2 Å². The van der Waals surface area contributed by atoms with Crippen LogP contribution in [0.1, 0.15) is 56.1 Å². The smallest absolute Gasteiger partial charge is 0.162 e. The van der Waals surface area contributed by atoms with E-state index in [1.807, 2.05) is 6.08 Å². The van der Waals surface area contributed by atoms with Gasteiger partial charge in [-0.05, 0) is 74.3 Å². The zero-order valence-electron chi connectivity index (χ0n) is 16.9. The summed E-state index contributed by atoms with van der Waals surface area (Å²) >= 11 is 0. The first-order valence-electron chi connectivity index (χ1n) is 10.5. The molecule has 1 aliphatic carbocycles. The Morgan fingerprint density at radius 2 is 1.69 bits per heavy atom. The van der Waals surface area contributed by atoms with E-state index in [1.54, 1.807) is 30.3 Å². The second kappa shape index (κ2) is 9.96. The third kappa shape index (κ3) is 5.01. The van der Waals surface area contributed by atoms with Gasteiger partial charge in [0.25, 0.3) is 0 Å². The second-order valence-corrected chi connectivity index (χ2v) is 8.05. The molecule has 2 aromatic carbocycles. The van der Waals surface area contributed by atoms with Crippen LogP contribution in [-0.2, 0) is 6.42 Å². The van der Waals surface area contributed by atoms with Crippen molar-refractivity contribution in [1.29, 1.82) is 0 Å². The third-order valence-corrected chi connectivity index (χ3v) is 6.10. The van der Waals surface area contributed by atoms with Crippen molar-refractivity contribution in [2.75, 3.05) is 0 Å². The molecule has 1 aliphatic rings. The van der Waals surface area contributed by atoms with Crippen LogP contribution in [0.25, 0.3) is 16.6 Å². The molecule has 154 valence electrons. The van der Waals surface area contributed by atoms with Crippen molar-refractivity contribution in [1.82, 2.24) is 0 Å². The fraction of sp³-hybridized carbons (Fsp3) is 0.385. The Balaban J connectivity index is 1.78. The molecular weight excluding hydrogens is 369 g/mol. The van der Waals surface area contributed by atoms with E-state index in [0.717, 1.165) is 25.7 Å². The van der Waals surface area contributed by atoms with Crippen LogP contribution in [0.3, 0.4) is 0 Å². The number of hydrogen-bond donors (Lipinski definition) is 0. The van der Waals surface area contributed by atoms with Gasteiger partial charge in [0.1, 0.15) is 11.6 Å². The van der Waals surface area contributed by atoms with Gasteiger partial charge in [0, 0.05) is 16.9 Å². The molecule has 1 saturated carbocycles. The van der Waals surface area contributed by atoms with Crippen molar-refractivity contribution in [3.05, 3.63) is 78.4 Å². The normalized spacial score (nSPS) is 20.4. The van der Waals surface area contributed by atoms with Gasteiger partial charge in [0.15, 0.2) is 5.83 Å². The zero-order valence-corrected chi connectivity index (χ0v) is 16.9. The molecule has 0 amide bonds. The number of benzene rings is 2. The van der Waals surface area contributed by atoms with Gasteiger partial charge in [-0.15, -0.1) is 13.2 Å². The van der Waals surface area contributed by atoms with Crippen molar-refractivity contribution in [2.45, 2.75) is 51.4 Å². The first-order chi connectivity index (χ1) is 14.0. The van der Waals surface area contributed by atoms with Crippen molar-refractivity contribution >= 4 is 16.6 Å². The van der Waals surface area contributed by atoms with E-state index >= 15 is 0 Å². The first-order valence-corrected chi connectivity index (χ1v) is 10.5. The number of halogens is 3. The molecule has 0 spiro atoms. The van der Waals surface area contributed by atoms with Gasteiger partial charge in [0.2, 0.25) is 0 Å². The van der Waals surface area contributed by atoms with E-state index in [-0.39, 0.29) is 17.3 Å². The van der Waals surface area contributed by atoms with Crippen molar-refractivity contribution in [2.24, 2.45) is 11.8 Å². The molecule has 0 nitrogen and oxygen atoms in total. The second-order valence-electron chi connectivity index (χ2n) is 8.05. The van der Waals surface area contributed by atoms with Gasteiger partial charge in [0.05, 0.1) is 0 Å². The van der Waals surface area contributed by atoms with Crippen LogP contribution < -0.4 is 0 Å². The predicted molar refractivity (Wildman–Crippen MR) is 116 cm³/mol. The van der Waals surface area contributed by atoms with Gasteiger partial charge >= 0.3 is 0 Å². The number of hydrogen-bond acceptors (Lipinski definition) is 0. The van der Waals surface area contributed by atoms with Gasteiger partial charge in [-0.3, -0.25) is 0 Å². The molecular formula is C26H29F3. The number of aryl methyl sites for hydroxylation is 1. The average Bonchev–Trinajstić information content (AvgIpc) is 2.76. The van der Waals surface area contributed by atoms with Gasteiger partial charge in [-0.25, -0.2) is 13.2 Å². The highest BCUT2D eigenvalue weighted by molar-refractivity contribution is 5.87. The first kappa shape index (κ1) is 21.4. The minimum absolute atomic E-state index is 0.182. The highest BCUT2D eigenvalue weighted by Crippen LogP contribution is 2.39. The maximum atomic E-state index is 14.9. The Morgan fingerprint density at radius 1 is 0.966 bits per heavy atom. The molecule has 29 heavy (non-hydrogen) atoms. The quantitative estimate of drug-likeness (QED) is 0.391. The summed E-state index contributed by atoms with van der Waals surface area (Å²) in [6, 6.07) is 8.06. The summed E-state index contributed by atoms with van der Waals surface area (Å²) in [4.78, 5) is 0. The minimum Gasteiger partial charge on any atom is -0.208 e. The van der Waals surface area contributed by atoms with Crippen LogP contribution in [-0.4, -0.2) is 0 Å². The van der Waals surface area contributed by atoms with E-state index in [0.29, 0.717) is 47.9 Å². The molecule has 0 aliphatic heterocycles. The summed E-state index contributed by atoms with van der Waals surface area (Å²) in [6.07, 6.45) is 10.2. The summed E-state index contributed by atoms with van der Waals surface area (Å²) in [5.41, 5.74) is 0.794. The third-order valence-electron chi connectivity index (χ3n) is 6.10. The van der Waals surface area contributed by atoms with Crippen LogP contribution >= 0.6 is 0 Å².